The fraction of sp³-hybridized carbons (Fsp3) is 0.227. The first-order chi connectivity index (χ1) is 14.5. The molecule has 1 N–H and O–H groups in total. The van der Waals surface area contributed by atoms with E-state index in [1.54, 1.807) is 23.2 Å². The number of aryl methyl sites for hydroxylation is 1. The minimum atomic E-state index is -0.365. The van der Waals surface area contributed by atoms with Gasteiger partial charge in [-0.15, -0.1) is 0 Å². The predicted molar refractivity (Wildman–Crippen MR) is 112 cm³/mol. The van der Waals surface area contributed by atoms with Crippen LogP contribution in [0.4, 0.5) is 11.4 Å². The van der Waals surface area contributed by atoms with E-state index in [2.05, 4.69) is 15.4 Å². The van der Waals surface area contributed by atoms with E-state index in [4.69, 9.17) is 0 Å². The van der Waals surface area contributed by atoms with Crippen molar-refractivity contribution in [2.45, 2.75) is 32.4 Å². The van der Waals surface area contributed by atoms with Gasteiger partial charge >= 0.3 is 0 Å². The van der Waals surface area contributed by atoms with Gasteiger partial charge in [-0.3, -0.25) is 19.4 Å². The van der Waals surface area contributed by atoms with E-state index in [9.17, 15) is 14.4 Å². The molecule has 0 spiro atoms. The fourth-order valence-electron chi connectivity index (χ4n) is 3.59. The molecule has 1 atom stereocenters. The summed E-state index contributed by atoms with van der Waals surface area (Å²) >= 11 is 0. The number of amides is 2. The van der Waals surface area contributed by atoms with Crippen molar-refractivity contribution >= 4 is 23.2 Å². The summed E-state index contributed by atoms with van der Waals surface area (Å²) in [5.74, 6) is -0.531. The van der Waals surface area contributed by atoms with Gasteiger partial charge in [0.05, 0.1) is 18.4 Å². The summed E-state index contributed by atoms with van der Waals surface area (Å²) in [4.78, 5) is 43.1. The Hall–Kier alpha value is -3.81. The predicted octanol–water partition coefficient (Wildman–Crippen LogP) is 2.26. The number of hydrogen-bond acceptors (Lipinski definition) is 5. The van der Waals surface area contributed by atoms with Crippen molar-refractivity contribution < 1.29 is 9.59 Å². The maximum Gasteiger partial charge on any atom is 0.278 e. The van der Waals surface area contributed by atoms with Gasteiger partial charge in [0.2, 0.25) is 5.91 Å². The van der Waals surface area contributed by atoms with E-state index in [0.29, 0.717) is 5.69 Å². The molecule has 0 bridgehead atoms. The monoisotopic (exact) mass is 403 g/mol. The van der Waals surface area contributed by atoms with Gasteiger partial charge < -0.3 is 10.2 Å². The van der Waals surface area contributed by atoms with Crippen LogP contribution in [0, 0.1) is 0 Å². The molecule has 30 heavy (non-hydrogen) atoms. The molecule has 152 valence electrons. The van der Waals surface area contributed by atoms with Gasteiger partial charge in [0.15, 0.2) is 0 Å². The number of rotatable bonds is 5. The number of nitrogens with zero attached hydrogens (tertiary/aromatic N) is 4. The molecule has 0 saturated heterocycles. The van der Waals surface area contributed by atoms with E-state index in [0.717, 1.165) is 22.4 Å². The molecule has 1 aromatic carbocycles. The smallest absolute Gasteiger partial charge is 0.278 e. The Morgan fingerprint density at radius 1 is 1.13 bits per heavy atom. The Kier molecular flexibility index (Phi) is 5.38. The Bertz CT molecular complexity index is 1140. The summed E-state index contributed by atoms with van der Waals surface area (Å²) < 4.78 is 1.16. The summed E-state index contributed by atoms with van der Waals surface area (Å²) in [6, 6.07) is 14.0. The van der Waals surface area contributed by atoms with E-state index >= 15 is 0 Å². The molecule has 0 aliphatic carbocycles. The lowest BCUT2D eigenvalue weighted by Crippen LogP contribution is -2.37. The second-order valence-electron chi connectivity index (χ2n) is 7.18. The van der Waals surface area contributed by atoms with Crippen LogP contribution in [0.15, 0.2) is 65.7 Å². The van der Waals surface area contributed by atoms with Crippen LogP contribution in [0.5, 0.6) is 0 Å². The van der Waals surface area contributed by atoms with Crippen LogP contribution in [0.1, 0.15) is 29.4 Å². The lowest BCUT2D eigenvalue weighted by atomic mass is 10.1. The first-order valence-corrected chi connectivity index (χ1v) is 9.72. The van der Waals surface area contributed by atoms with Crippen LogP contribution in [-0.2, 0) is 17.8 Å². The molecule has 0 fully saturated rings. The average molecular weight is 403 g/mol. The topological polar surface area (TPSA) is 97.2 Å². The molecule has 1 aliphatic rings. The average Bonchev–Trinajstić information content (AvgIpc) is 3.09. The number of benzene rings is 1. The second-order valence-corrected chi connectivity index (χ2v) is 7.18. The van der Waals surface area contributed by atoms with Gasteiger partial charge in [-0.1, -0.05) is 18.2 Å². The Balaban J connectivity index is 1.49. The number of nitrogens with one attached hydrogen (secondary N) is 1. The maximum absolute atomic E-state index is 13.1. The molecule has 2 aromatic heterocycles. The van der Waals surface area contributed by atoms with Crippen molar-refractivity contribution in [3.8, 4) is 0 Å². The molecule has 0 radical (unpaired) electrons. The Labute approximate surface area is 173 Å². The number of carbonyl (C=O) groups is 2. The van der Waals surface area contributed by atoms with Crippen molar-refractivity contribution in [2.75, 3.05) is 10.2 Å². The lowest BCUT2D eigenvalue weighted by molar-refractivity contribution is -0.116. The molecule has 8 heteroatoms. The van der Waals surface area contributed by atoms with E-state index in [1.165, 1.54) is 18.3 Å². The highest BCUT2D eigenvalue weighted by Crippen LogP contribution is 2.32. The third kappa shape index (κ3) is 3.98. The van der Waals surface area contributed by atoms with Gasteiger partial charge in [-0.2, -0.15) is 5.10 Å². The van der Waals surface area contributed by atoms with Crippen LogP contribution in [0.2, 0.25) is 0 Å². The van der Waals surface area contributed by atoms with Crippen molar-refractivity contribution in [3.63, 3.8) is 0 Å². The van der Waals surface area contributed by atoms with Crippen LogP contribution in [0.3, 0.4) is 0 Å². The summed E-state index contributed by atoms with van der Waals surface area (Å²) in [5, 5.41) is 6.93. The minimum Gasteiger partial charge on any atom is -0.325 e. The summed E-state index contributed by atoms with van der Waals surface area (Å²) in [7, 11) is 0. The third-order valence-electron chi connectivity index (χ3n) is 5.01. The number of para-hydroxylation sites is 1. The number of pyridine rings is 1. The number of aromatic nitrogens is 3. The van der Waals surface area contributed by atoms with Gasteiger partial charge in [0, 0.05) is 30.4 Å². The molecular weight excluding hydrogens is 382 g/mol. The molecule has 3 heterocycles. The Morgan fingerprint density at radius 3 is 2.77 bits per heavy atom. The third-order valence-corrected chi connectivity index (χ3v) is 5.01. The van der Waals surface area contributed by atoms with E-state index in [-0.39, 0.29) is 42.1 Å². The first kappa shape index (κ1) is 19.5. The minimum absolute atomic E-state index is 0.00216. The highest BCUT2D eigenvalue weighted by molar-refractivity contribution is 6.06. The van der Waals surface area contributed by atoms with E-state index < -0.39 is 0 Å². The molecule has 3 aromatic rings. The fourth-order valence-corrected chi connectivity index (χ4v) is 3.59. The van der Waals surface area contributed by atoms with Crippen molar-refractivity contribution in [1.29, 1.82) is 0 Å². The van der Waals surface area contributed by atoms with E-state index in [1.807, 2.05) is 31.2 Å². The second kappa shape index (κ2) is 8.28. The number of anilines is 2. The highest BCUT2D eigenvalue weighted by atomic mass is 16.2. The summed E-state index contributed by atoms with van der Waals surface area (Å²) in [6.45, 7) is 2.05. The molecule has 2 amide bonds. The lowest BCUT2D eigenvalue weighted by Gasteiger charge is -2.22. The van der Waals surface area contributed by atoms with Gasteiger partial charge in [-0.05, 0) is 43.2 Å². The Morgan fingerprint density at radius 2 is 1.97 bits per heavy atom. The van der Waals surface area contributed by atoms with Gasteiger partial charge in [0.1, 0.15) is 5.69 Å². The van der Waals surface area contributed by atoms with Crippen LogP contribution >= 0.6 is 0 Å². The number of fused-ring (bicyclic) bond motifs is 1. The van der Waals surface area contributed by atoms with Crippen molar-refractivity contribution in [2.24, 2.45) is 0 Å². The largest absolute Gasteiger partial charge is 0.325 e. The molecule has 0 saturated carbocycles. The molecule has 4 rings (SSSR count). The maximum atomic E-state index is 13.1. The SMILES string of the molecule is CC1Cc2ccccc2N1C(=O)c1ccc(=O)n(CCC(=O)Nc2cccnc2)n1. The van der Waals surface area contributed by atoms with Crippen LogP contribution < -0.4 is 15.8 Å². The van der Waals surface area contributed by atoms with Gasteiger partial charge in [-0.25, -0.2) is 4.68 Å². The van der Waals surface area contributed by atoms with Crippen molar-refractivity contribution in [3.05, 3.63) is 82.5 Å². The highest BCUT2D eigenvalue weighted by Gasteiger charge is 2.32. The van der Waals surface area contributed by atoms with Crippen LogP contribution in [0.25, 0.3) is 0 Å². The quantitative estimate of drug-likeness (QED) is 0.705. The number of hydrogen-bond donors (Lipinski definition) is 1. The molecule has 8 nitrogen and oxygen atoms in total. The van der Waals surface area contributed by atoms with Crippen molar-refractivity contribution in [1.82, 2.24) is 14.8 Å². The first-order valence-electron chi connectivity index (χ1n) is 9.72. The number of carbonyl (C=O) groups excluding carboxylic acids is 2. The summed E-state index contributed by atoms with van der Waals surface area (Å²) in [6.07, 6.45) is 3.97. The van der Waals surface area contributed by atoms with Gasteiger partial charge in [0.25, 0.3) is 11.5 Å². The zero-order chi connectivity index (χ0) is 21.1. The zero-order valence-electron chi connectivity index (χ0n) is 16.5. The van der Waals surface area contributed by atoms with Crippen LogP contribution in [-0.4, -0.2) is 32.6 Å². The molecule has 1 unspecified atom stereocenters. The zero-order valence-corrected chi connectivity index (χ0v) is 16.5. The summed E-state index contributed by atoms with van der Waals surface area (Å²) in [5.41, 5.74) is 2.36. The molecule has 1 aliphatic heterocycles. The normalized spacial score (nSPS) is 15.0. The standard InChI is InChI=1S/C22H21N5O3/c1-15-13-16-5-2-3-7-19(16)27(15)22(30)18-8-9-21(29)26(25-18)12-10-20(28)24-17-6-4-11-23-14-17/h2-9,11,14-15H,10,12-13H2,1H3,(H,24,28). The molecular formula is C22H21N5O3.